The molecule has 0 aliphatic carbocycles. The van der Waals surface area contributed by atoms with E-state index in [4.69, 9.17) is 4.74 Å². The summed E-state index contributed by atoms with van der Waals surface area (Å²) in [6.45, 7) is 0.471. The fourth-order valence-electron chi connectivity index (χ4n) is 2.00. The van der Waals surface area contributed by atoms with Gasteiger partial charge < -0.3 is 10.1 Å². The first-order chi connectivity index (χ1) is 9.15. The van der Waals surface area contributed by atoms with E-state index in [0.717, 1.165) is 0 Å². The number of hydrogen-bond acceptors (Lipinski definition) is 2. The van der Waals surface area contributed by atoms with Gasteiger partial charge in [-0.2, -0.15) is 0 Å². The fourth-order valence-corrected chi connectivity index (χ4v) is 2.00. The zero-order valence-electron chi connectivity index (χ0n) is 10.8. The molecule has 0 unspecified atom stereocenters. The van der Waals surface area contributed by atoms with Crippen LogP contribution in [-0.2, 0) is 6.54 Å². The maximum atomic E-state index is 14.0. The highest BCUT2D eigenvalue weighted by Crippen LogP contribution is 2.29. The largest absolute Gasteiger partial charge is 0.497 e. The highest BCUT2D eigenvalue weighted by Gasteiger charge is 2.11. The van der Waals surface area contributed by atoms with Crippen LogP contribution in [0.2, 0.25) is 0 Å². The van der Waals surface area contributed by atoms with Crippen LogP contribution in [0.1, 0.15) is 5.56 Å². The van der Waals surface area contributed by atoms with E-state index in [1.807, 2.05) is 0 Å². The van der Waals surface area contributed by atoms with Crippen LogP contribution in [0.5, 0.6) is 5.75 Å². The molecule has 0 amide bonds. The summed E-state index contributed by atoms with van der Waals surface area (Å²) >= 11 is 0. The van der Waals surface area contributed by atoms with E-state index in [-0.39, 0.29) is 11.6 Å². The lowest BCUT2D eigenvalue weighted by atomic mass is 9.99. The lowest BCUT2D eigenvalue weighted by Crippen LogP contribution is -2.07. The molecule has 0 aromatic heterocycles. The van der Waals surface area contributed by atoms with E-state index in [2.05, 4.69) is 5.32 Å². The van der Waals surface area contributed by atoms with Gasteiger partial charge in [0.2, 0.25) is 0 Å². The third kappa shape index (κ3) is 2.90. The van der Waals surface area contributed by atoms with Gasteiger partial charge in [-0.25, -0.2) is 8.78 Å². The van der Waals surface area contributed by atoms with Crippen LogP contribution >= 0.6 is 0 Å². The van der Waals surface area contributed by atoms with Gasteiger partial charge in [-0.1, -0.05) is 6.07 Å². The molecule has 100 valence electrons. The van der Waals surface area contributed by atoms with Crippen molar-refractivity contribution >= 4 is 0 Å². The number of halogens is 2. The molecule has 0 radical (unpaired) electrons. The van der Waals surface area contributed by atoms with Crippen molar-refractivity contribution in [1.29, 1.82) is 0 Å². The Kier molecular flexibility index (Phi) is 4.12. The molecule has 0 saturated heterocycles. The molecule has 4 heteroatoms. The SMILES string of the molecule is CNCc1cc(F)ccc1-c1ccc(OC)cc1F. The first-order valence-electron chi connectivity index (χ1n) is 5.92. The second kappa shape index (κ2) is 5.80. The third-order valence-electron chi connectivity index (χ3n) is 2.90. The number of ether oxygens (including phenoxy) is 1. The molecular formula is C15H15F2NO. The van der Waals surface area contributed by atoms with Crippen LogP contribution in [0.4, 0.5) is 8.78 Å². The molecule has 2 aromatic carbocycles. The van der Waals surface area contributed by atoms with Gasteiger partial charge in [0.25, 0.3) is 0 Å². The molecule has 0 aliphatic heterocycles. The van der Waals surface area contributed by atoms with Crippen LogP contribution in [0.25, 0.3) is 11.1 Å². The van der Waals surface area contributed by atoms with Crippen molar-refractivity contribution in [3.8, 4) is 16.9 Å². The average molecular weight is 263 g/mol. The molecule has 1 N–H and O–H groups in total. The summed E-state index contributed by atoms with van der Waals surface area (Å²) in [7, 11) is 3.25. The Morgan fingerprint density at radius 1 is 1.05 bits per heavy atom. The first kappa shape index (κ1) is 13.5. The lowest BCUT2D eigenvalue weighted by molar-refractivity contribution is 0.411. The molecule has 0 spiro atoms. The Balaban J connectivity index is 2.51. The normalized spacial score (nSPS) is 10.5. The summed E-state index contributed by atoms with van der Waals surface area (Å²) in [6, 6.07) is 8.98. The van der Waals surface area contributed by atoms with Gasteiger partial charge >= 0.3 is 0 Å². The van der Waals surface area contributed by atoms with Crippen molar-refractivity contribution in [2.45, 2.75) is 6.54 Å². The minimum Gasteiger partial charge on any atom is -0.497 e. The fraction of sp³-hybridized carbons (Fsp3) is 0.200. The number of nitrogens with one attached hydrogen (secondary N) is 1. The average Bonchev–Trinajstić information content (AvgIpc) is 2.40. The second-order valence-corrected chi connectivity index (χ2v) is 4.18. The number of hydrogen-bond donors (Lipinski definition) is 1. The van der Waals surface area contributed by atoms with Crippen molar-refractivity contribution < 1.29 is 13.5 Å². The van der Waals surface area contributed by atoms with Gasteiger partial charge in [-0.15, -0.1) is 0 Å². The Morgan fingerprint density at radius 3 is 2.42 bits per heavy atom. The van der Waals surface area contributed by atoms with Gasteiger partial charge in [0.1, 0.15) is 17.4 Å². The molecule has 0 heterocycles. The van der Waals surface area contributed by atoms with Crippen molar-refractivity contribution in [3.63, 3.8) is 0 Å². The van der Waals surface area contributed by atoms with E-state index < -0.39 is 0 Å². The number of rotatable bonds is 4. The number of methoxy groups -OCH3 is 1. The van der Waals surface area contributed by atoms with E-state index >= 15 is 0 Å². The predicted molar refractivity (Wildman–Crippen MR) is 71.1 cm³/mol. The van der Waals surface area contributed by atoms with Crippen molar-refractivity contribution in [1.82, 2.24) is 5.32 Å². The summed E-state index contributed by atoms with van der Waals surface area (Å²) in [5.74, 6) is -0.259. The molecule has 0 aliphatic rings. The second-order valence-electron chi connectivity index (χ2n) is 4.18. The molecule has 0 fully saturated rings. The van der Waals surface area contributed by atoms with Gasteiger partial charge in [0, 0.05) is 18.2 Å². The zero-order valence-corrected chi connectivity index (χ0v) is 10.8. The van der Waals surface area contributed by atoms with Crippen molar-refractivity contribution in [3.05, 3.63) is 53.6 Å². The maximum absolute atomic E-state index is 14.0. The minimum absolute atomic E-state index is 0.331. The lowest BCUT2D eigenvalue weighted by Gasteiger charge is -2.11. The summed E-state index contributed by atoms with van der Waals surface area (Å²) in [5, 5.41) is 2.95. The molecule has 2 nitrogen and oxygen atoms in total. The summed E-state index contributed by atoms with van der Waals surface area (Å²) < 4.78 is 32.3. The quantitative estimate of drug-likeness (QED) is 0.913. The van der Waals surface area contributed by atoms with Crippen LogP contribution in [0.15, 0.2) is 36.4 Å². The Hall–Kier alpha value is -1.94. The molecule has 0 saturated carbocycles. The predicted octanol–water partition coefficient (Wildman–Crippen LogP) is 3.36. The highest BCUT2D eigenvalue weighted by molar-refractivity contribution is 5.68. The van der Waals surface area contributed by atoms with E-state index in [1.54, 1.807) is 25.2 Å². The first-order valence-corrected chi connectivity index (χ1v) is 5.92. The van der Waals surface area contributed by atoms with E-state index in [1.165, 1.54) is 25.3 Å². The monoisotopic (exact) mass is 263 g/mol. The Bertz CT molecular complexity index is 584. The standard InChI is InChI=1S/C15H15F2NO/c1-18-9-10-7-11(16)3-5-13(10)14-6-4-12(19-2)8-15(14)17/h3-8,18H,9H2,1-2H3. The van der Waals surface area contributed by atoms with Crippen molar-refractivity contribution in [2.75, 3.05) is 14.2 Å². The van der Waals surface area contributed by atoms with Crippen molar-refractivity contribution in [2.24, 2.45) is 0 Å². The topological polar surface area (TPSA) is 21.3 Å². The molecule has 0 bridgehead atoms. The highest BCUT2D eigenvalue weighted by atomic mass is 19.1. The van der Waals surface area contributed by atoms with Crippen LogP contribution in [0, 0.1) is 11.6 Å². The Labute approximate surface area is 111 Å². The summed E-state index contributed by atoms with van der Waals surface area (Å²) in [5.41, 5.74) is 1.83. The third-order valence-corrected chi connectivity index (χ3v) is 2.90. The molecule has 0 atom stereocenters. The van der Waals surface area contributed by atoms with Crippen LogP contribution < -0.4 is 10.1 Å². The van der Waals surface area contributed by atoms with Gasteiger partial charge in [-0.05, 0) is 42.4 Å². The van der Waals surface area contributed by atoms with E-state index in [9.17, 15) is 8.78 Å². The number of benzene rings is 2. The maximum Gasteiger partial charge on any atom is 0.134 e. The molecule has 19 heavy (non-hydrogen) atoms. The molecular weight excluding hydrogens is 248 g/mol. The van der Waals surface area contributed by atoms with Gasteiger partial charge in [-0.3, -0.25) is 0 Å². The molecule has 2 rings (SSSR count). The minimum atomic E-state index is -0.386. The Morgan fingerprint density at radius 2 is 1.79 bits per heavy atom. The van der Waals surface area contributed by atoms with E-state index in [0.29, 0.717) is 29.0 Å². The van der Waals surface area contributed by atoms with Crippen LogP contribution in [0.3, 0.4) is 0 Å². The summed E-state index contributed by atoms with van der Waals surface area (Å²) in [6.07, 6.45) is 0. The molecule has 2 aromatic rings. The smallest absolute Gasteiger partial charge is 0.134 e. The zero-order chi connectivity index (χ0) is 13.8. The van der Waals surface area contributed by atoms with Gasteiger partial charge in [0.05, 0.1) is 7.11 Å². The van der Waals surface area contributed by atoms with Crippen LogP contribution in [-0.4, -0.2) is 14.2 Å². The summed E-state index contributed by atoms with van der Waals surface area (Å²) in [4.78, 5) is 0. The van der Waals surface area contributed by atoms with Gasteiger partial charge in [0.15, 0.2) is 0 Å².